The van der Waals surface area contributed by atoms with Gasteiger partial charge >= 0.3 is 0 Å². The van der Waals surface area contributed by atoms with Crippen LogP contribution in [0.25, 0.3) is 0 Å². The van der Waals surface area contributed by atoms with Gasteiger partial charge in [0.25, 0.3) is 0 Å². The van der Waals surface area contributed by atoms with Crippen molar-refractivity contribution in [2.24, 2.45) is 0 Å². The Morgan fingerprint density at radius 1 is 0.900 bits per heavy atom. The van der Waals surface area contributed by atoms with Crippen molar-refractivity contribution in [2.75, 3.05) is 26.4 Å². The molecule has 2 heterocycles. The SMILES string of the molecule is CC(C)(CCCCOC(C)(C)CC1CO1)OCC1CO1. The summed E-state index contributed by atoms with van der Waals surface area (Å²) in [6.45, 7) is 11.9. The zero-order chi connectivity index (χ0) is 14.6. The molecule has 2 rings (SSSR count). The summed E-state index contributed by atoms with van der Waals surface area (Å²) in [4.78, 5) is 0. The van der Waals surface area contributed by atoms with Crippen LogP contribution in [0.3, 0.4) is 0 Å². The molecule has 2 fully saturated rings. The van der Waals surface area contributed by atoms with Crippen molar-refractivity contribution >= 4 is 0 Å². The number of epoxide rings is 2. The summed E-state index contributed by atoms with van der Waals surface area (Å²) < 4.78 is 22.3. The Labute approximate surface area is 123 Å². The van der Waals surface area contributed by atoms with E-state index in [0.717, 1.165) is 52.1 Å². The largest absolute Gasteiger partial charge is 0.375 e. The predicted molar refractivity (Wildman–Crippen MR) is 78.0 cm³/mol. The molecule has 0 N–H and O–H groups in total. The molecule has 0 spiro atoms. The van der Waals surface area contributed by atoms with Gasteiger partial charge < -0.3 is 18.9 Å². The molecular weight excluding hydrogens is 256 g/mol. The van der Waals surface area contributed by atoms with Crippen LogP contribution in [-0.2, 0) is 18.9 Å². The van der Waals surface area contributed by atoms with Crippen molar-refractivity contribution in [3.63, 3.8) is 0 Å². The van der Waals surface area contributed by atoms with Crippen LogP contribution < -0.4 is 0 Å². The highest BCUT2D eigenvalue weighted by Crippen LogP contribution is 2.26. The highest BCUT2D eigenvalue weighted by Gasteiger charge is 2.32. The lowest BCUT2D eigenvalue weighted by Crippen LogP contribution is -2.28. The second-order valence-electron chi connectivity index (χ2n) is 7.25. The van der Waals surface area contributed by atoms with Crippen LogP contribution in [0.2, 0.25) is 0 Å². The molecule has 2 saturated heterocycles. The molecule has 2 atom stereocenters. The van der Waals surface area contributed by atoms with Crippen molar-refractivity contribution in [1.82, 2.24) is 0 Å². The second kappa shape index (κ2) is 6.73. The van der Waals surface area contributed by atoms with E-state index in [1.165, 1.54) is 0 Å². The van der Waals surface area contributed by atoms with Gasteiger partial charge in [-0.15, -0.1) is 0 Å². The number of rotatable bonds is 11. The van der Waals surface area contributed by atoms with E-state index in [9.17, 15) is 0 Å². The van der Waals surface area contributed by atoms with Crippen molar-refractivity contribution in [1.29, 1.82) is 0 Å². The Balaban J connectivity index is 1.49. The summed E-state index contributed by atoms with van der Waals surface area (Å²) in [6, 6.07) is 0. The van der Waals surface area contributed by atoms with Gasteiger partial charge in [-0.05, 0) is 47.0 Å². The molecular formula is C16H30O4. The molecule has 20 heavy (non-hydrogen) atoms. The highest BCUT2D eigenvalue weighted by molar-refractivity contribution is 4.80. The van der Waals surface area contributed by atoms with E-state index in [1.54, 1.807) is 0 Å². The molecule has 4 nitrogen and oxygen atoms in total. The Morgan fingerprint density at radius 3 is 2.15 bits per heavy atom. The minimum absolute atomic E-state index is 0.0523. The lowest BCUT2D eigenvalue weighted by Gasteiger charge is -2.26. The predicted octanol–water partition coefficient (Wildman–Crippen LogP) is 2.93. The second-order valence-corrected chi connectivity index (χ2v) is 7.25. The lowest BCUT2D eigenvalue weighted by atomic mass is 10.0. The molecule has 118 valence electrons. The minimum Gasteiger partial charge on any atom is -0.375 e. The minimum atomic E-state index is -0.0590. The van der Waals surface area contributed by atoms with Gasteiger partial charge in [-0.2, -0.15) is 0 Å². The number of unbranched alkanes of at least 4 members (excludes halogenated alkanes) is 1. The summed E-state index contributed by atoms with van der Waals surface area (Å²) in [5.74, 6) is 0. The molecule has 0 bridgehead atoms. The maximum Gasteiger partial charge on any atom is 0.104 e. The van der Waals surface area contributed by atoms with Gasteiger partial charge in [-0.1, -0.05) is 0 Å². The van der Waals surface area contributed by atoms with E-state index in [0.29, 0.717) is 12.2 Å². The number of ether oxygens (including phenoxy) is 4. The zero-order valence-corrected chi connectivity index (χ0v) is 13.4. The monoisotopic (exact) mass is 286 g/mol. The Morgan fingerprint density at radius 2 is 1.55 bits per heavy atom. The summed E-state index contributed by atoms with van der Waals surface area (Å²) in [5.41, 5.74) is -0.111. The maximum atomic E-state index is 5.96. The van der Waals surface area contributed by atoms with Crippen molar-refractivity contribution in [2.45, 2.75) is 76.8 Å². The topological polar surface area (TPSA) is 43.5 Å². The summed E-state index contributed by atoms with van der Waals surface area (Å²) in [6.07, 6.45) is 5.07. The summed E-state index contributed by atoms with van der Waals surface area (Å²) >= 11 is 0. The standard InChI is InChI=1S/C16H30O4/c1-15(2,20-12-14-11-18-14)7-5-6-8-19-16(3,4)9-13-10-17-13/h13-14H,5-12H2,1-4H3. The molecule has 0 saturated carbocycles. The van der Waals surface area contributed by atoms with Crippen LogP contribution >= 0.6 is 0 Å². The van der Waals surface area contributed by atoms with Crippen LogP contribution in [0.4, 0.5) is 0 Å². The fourth-order valence-electron chi connectivity index (χ4n) is 2.35. The van der Waals surface area contributed by atoms with Crippen LogP contribution in [0.15, 0.2) is 0 Å². The van der Waals surface area contributed by atoms with Gasteiger partial charge in [-0.25, -0.2) is 0 Å². The average Bonchev–Trinajstić information content (AvgIpc) is 3.20. The van der Waals surface area contributed by atoms with Crippen molar-refractivity contribution in [3.05, 3.63) is 0 Å². The van der Waals surface area contributed by atoms with Gasteiger partial charge in [0.1, 0.15) is 6.10 Å². The van der Waals surface area contributed by atoms with Crippen LogP contribution in [0.5, 0.6) is 0 Å². The van der Waals surface area contributed by atoms with Crippen molar-refractivity contribution in [3.8, 4) is 0 Å². The normalized spacial score (nSPS) is 25.8. The van der Waals surface area contributed by atoms with E-state index in [4.69, 9.17) is 18.9 Å². The zero-order valence-electron chi connectivity index (χ0n) is 13.4. The smallest absolute Gasteiger partial charge is 0.104 e. The third-order valence-corrected chi connectivity index (χ3v) is 3.85. The van der Waals surface area contributed by atoms with E-state index >= 15 is 0 Å². The third kappa shape index (κ3) is 7.02. The van der Waals surface area contributed by atoms with Gasteiger partial charge in [0.2, 0.25) is 0 Å². The van der Waals surface area contributed by atoms with E-state index < -0.39 is 0 Å². The first kappa shape index (κ1) is 16.2. The van der Waals surface area contributed by atoms with E-state index in [1.807, 2.05) is 0 Å². The molecule has 0 radical (unpaired) electrons. The van der Waals surface area contributed by atoms with Gasteiger partial charge in [0.05, 0.1) is 37.1 Å². The van der Waals surface area contributed by atoms with Crippen LogP contribution in [0.1, 0.15) is 53.4 Å². The fourth-order valence-corrected chi connectivity index (χ4v) is 2.35. The number of hydrogen-bond acceptors (Lipinski definition) is 4. The Kier molecular flexibility index (Phi) is 5.46. The molecule has 0 amide bonds. The summed E-state index contributed by atoms with van der Waals surface area (Å²) in [7, 11) is 0. The molecule has 0 aliphatic carbocycles. The van der Waals surface area contributed by atoms with E-state index in [-0.39, 0.29) is 11.2 Å². The van der Waals surface area contributed by atoms with E-state index in [2.05, 4.69) is 27.7 Å². The molecule has 0 aromatic carbocycles. The maximum absolute atomic E-state index is 5.96. The van der Waals surface area contributed by atoms with Crippen LogP contribution in [-0.4, -0.2) is 49.8 Å². The lowest BCUT2D eigenvalue weighted by molar-refractivity contribution is -0.0424. The number of hydrogen-bond donors (Lipinski definition) is 0. The third-order valence-electron chi connectivity index (χ3n) is 3.85. The Hall–Kier alpha value is -0.160. The first-order chi connectivity index (χ1) is 9.36. The van der Waals surface area contributed by atoms with Gasteiger partial charge in [0.15, 0.2) is 0 Å². The first-order valence-corrected chi connectivity index (χ1v) is 7.87. The Bertz CT molecular complexity index is 293. The fraction of sp³-hybridized carbons (Fsp3) is 1.00. The van der Waals surface area contributed by atoms with Gasteiger partial charge in [0, 0.05) is 13.0 Å². The summed E-state index contributed by atoms with van der Waals surface area (Å²) in [5, 5.41) is 0. The first-order valence-electron chi connectivity index (χ1n) is 7.87. The van der Waals surface area contributed by atoms with Crippen molar-refractivity contribution < 1.29 is 18.9 Å². The van der Waals surface area contributed by atoms with Gasteiger partial charge in [-0.3, -0.25) is 0 Å². The molecule has 0 aromatic heterocycles. The highest BCUT2D eigenvalue weighted by atomic mass is 16.6. The molecule has 4 heteroatoms. The average molecular weight is 286 g/mol. The molecule has 2 unspecified atom stereocenters. The molecule has 2 aliphatic rings. The van der Waals surface area contributed by atoms with Crippen LogP contribution in [0, 0.1) is 0 Å². The molecule has 0 aromatic rings. The molecule has 2 aliphatic heterocycles. The quantitative estimate of drug-likeness (QED) is 0.433.